The van der Waals surface area contributed by atoms with Gasteiger partial charge in [-0.25, -0.2) is 9.78 Å². The number of nitrogens with zero attached hydrogens (tertiary/aromatic N) is 3. The maximum absolute atomic E-state index is 11.6. The topological polar surface area (TPSA) is 95.4 Å². The highest BCUT2D eigenvalue weighted by atomic mass is 16.4. The van der Waals surface area contributed by atoms with E-state index in [0.29, 0.717) is 18.3 Å². The molecular weight excluding hydrogens is 248 g/mol. The number of likely N-dealkylation sites (N-methyl/N-ethyl adjacent to an activating group) is 1. The van der Waals surface area contributed by atoms with E-state index in [1.807, 2.05) is 13.8 Å². The second-order valence-corrected chi connectivity index (χ2v) is 4.62. The van der Waals surface area contributed by atoms with Crippen molar-refractivity contribution in [2.24, 2.45) is 5.92 Å². The van der Waals surface area contributed by atoms with Crippen LogP contribution in [0.5, 0.6) is 0 Å². The van der Waals surface area contributed by atoms with Crippen molar-refractivity contribution >= 4 is 17.7 Å². The molecule has 0 radical (unpaired) electrons. The third-order valence-corrected chi connectivity index (χ3v) is 2.32. The lowest BCUT2D eigenvalue weighted by atomic mass is 10.2. The monoisotopic (exact) mass is 266 g/mol. The SMILES string of the molecule is CC(C)CNC(=O)CN(C)c1cncc(C(=O)O)n1. The molecule has 0 aliphatic rings. The third kappa shape index (κ3) is 4.90. The van der Waals surface area contributed by atoms with Gasteiger partial charge in [-0.1, -0.05) is 13.8 Å². The number of carbonyl (C=O) groups excluding carboxylic acids is 1. The zero-order valence-electron chi connectivity index (χ0n) is 11.3. The van der Waals surface area contributed by atoms with E-state index in [1.54, 1.807) is 11.9 Å². The van der Waals surface area contributed by atoms with Crippen LogP contribution in [-0.4, -0.2) is 47.1 Å². The molecule has 1 heterocycles. The number of hydrogen-bond acceptors (Lipinski definition) is 5. The largest absolute Gasteiger partial charge is 0.476 e. The van der Waals surface area contributed by atoms with Gasteiger partial charge in [0.15, 0.2) is 5.69 Å². The summed E-state index contributed by atoms with van der Waals surface area (Å²) >= 11 is 0. The normalized spacial score (nSPS) is 10.3. The quantitative estimate of drug-likeness (QED) is 0.773. The van der Waals surface area contributed by atoms with Gasteiger partial charge in [-0.05, 0) is 5.92 Å². The molecular formula is C12H18N4O3. The molecule has 0 fully saturated rings. The standard InChI is InChI=1S/C12H18N4O3/c1-8(2)4-14-11(17)7-16(3)10-6-13-5-9(15-10)12(18)19/h5-6,8H,4,7H2,1-3H3,(H,14,17)(H,18,19). The Morgan fingerprint density at radius 2 is 2.11 bits per heavy atom. The molecule has 0 bridgehead atoms. The molecule has 0 atom stereocenters. The van der Waals surface area contributed by atoms with Crippen molar-refractivity contribution in [2.45, 2.75) is 13.8 Å². The van der Waals surface area contributed by atoms with Gasteiger partial charge in [0.05, 0.1) is 18.9 Å². The minimum Gasteiger partial charge on any atom is -0.476 e. The zero-order chi connectivity index (χ0) is 14.4. The number of carbonyl (C=O) groups is 2. The molecule has 19 heavy (non-hydrogen) atoms. The zero-order valence-corrected chi connectivity index (χ0v) is 11.3. The van der Waals surface area contributed by atoms with Crippen LogP contribution in [-0.2, 0) is 4.79 Å². The molecule has 2 N–H and O–H groups in total. The van der Waals surface area contributed by atoms with Crippen LogP contribution in [0.2, 0.25) is 0 Å². The lowest BCUT2D eigenvalue weighted by Gasteiger charge is -2.17. The fourth-order valence-corrected chi connectivity index (χ4v) is 1.31. The van der Waals surface area contributed by atoms with Crippen molar-refractivity contribution in [3.8, 4) is 0 Å². The molecule has 0 spiro atoms. The summed E-state index contributed by atoms with van der Waals surface area (Å²) < 4.78 is 0. The predicted octanol–water partition coefficient (Wildman–Crippen LogP) is 0.383. The highest BCUT2D eigenvalue weighted by Gasteiger charge is 2.12. The van der Waals surface area contributed by atoms with Crippen LogP contribution < -0.4 is 10.2 Å². The second-order valence-electron chi connectivity index (χ2n) is 4.62. The number of aromatic nitrogens is 2. The molecule has 0 aromatic carbocycles. The van der Waals surface area contributed by atoms with Gasteiger partial charge in [0.2, 0.25) is 5.91 Å². The molecule has 7 nitrogen and oxygen atoms in total. The fraction of sp³-hybridized carbons (Fsp3) is 0.500. The molecule has 1 rings (SSSR count). The van der Waals surface area contributed by atoms with E-state index in [2.05, 4.69) is 15.3 Å². The molecule has 0 unspecified atom stereocenters. The first-order chi connectivity index (χ1) is 8.90. The van der Waals surface area contributed by atoms with Crippen molar-refractivity contribution in [3.05, 3.63) is 18.1 Å². The number of amides is 1. The van der Waals surface area contributed by atoms with Crippen LogP contribution in [0.4, 0.5) is 5.82 Å². The number of anilines is 1. The Kier molecular flexibility index (Phi) is 5.23. The van der Waals surface area contributed by atoms with E-state index >= 15 is 0 Å². The van der Waals surface area contributed by atoms with Crippen LogP contribution in [0, 0.1) is 5.92 Å². The fourth-order valence-electron chi connectivity index (χ4n) is 1.31. The summed E-state index contributed by atoms with van der Waals surface area (Å²) in [5.41, 5.74) is -0.146. The average Bonchev–Trinajstić information content (AvgIpc) is 2.36. The molecule has 0 saturated heterocycles. The van der Waals surface area contributed by atoms with Crippen molar-refractivity contribution in [2.75, 3.05) is 25.0 Å². The summed E-state index contributed by atoms with van der Waals surface area (Å²) in [5.74, 6) is -0.560. The van der Waals surface area contributed by atoms with Crippen molar-refractivity contribution in [3.63, 3.8) is 0 Å². The lowest BCUT2D eigenvalue weighted by Crippen LogP contribution is -2.37. The van der Waals surface area contributed by atoms with Gasteiger partial charge in [0, 0.05) is 13.6 Å². The first-order valence-corrected chi connectivity index (χ1v) is 5.93. The molecule has 0 saturated carbocycles. The maximum Gasteiger partial charge on any atom is 0.356 e. The highest BCUT2D eigenvalue weighted by Crippen LogP contribution is 2.07. The Bertz CT molecular complexity index is 462. The van der Waals surface area contributed by atoms with Crippen molar-refractivity contribution in [1.29, 1.82) is 0 Å². The Labute approximate surface area is 111 Å². The molecule has 0 aliphatic heterocycles. The van der Waals surface area contributed by atoms with Gasteiger partial charge in [-0.15, -0.1) is 0 Å². The highest BCUT2D eigenvalue weighted by molar-refractivity contribution is 5.85. The van der Waals surface area contributed by atoms with Gasteiger partial charge < -0.3 is 15.3 Å². The third-order valence-electron chi connectivity index (χ3n) is 2.32. The van der Waals surface area contributed by atoms with Gasteiger partial charge in [-0.2, -0.15) is 0 Å². The van der Waals surface area contributed by atoms with Crippen LogP contribution >= 0.6 is 0 Å². The second kappa shape index (κ2) is 6.67. The number of carboxylic acids is 1. The summed E-state index contributed by atoms with van der Waals surface area (Å²) in [4.78, 5) is 31.7. The first-order valence-electron chi connectivity index (χ1n) is 5.93. The predicted molar refractivity (Wildman–Crippen MR) is 70.1 cm³/mol. The van der Waals surface area contributed by atoms with E-state index in [1.165, 1.54) is 12.4 Å². The number of carboxylic acid groups (broad SMARTS) is 1. The number of hydrogen-bond donors (Lipinski definition) is 2. The van der Waals surface area contributed by atoms with E-state index in [4.69, 9.17) is 5.11 Å². The summed E-state index contributed by atoms with van der Waals surface area (Å²) in [7, 11) is 1.66. The Morgan fingerprint density at radius 3 is 2.68 bits per heavy atom. The van der Waals surface area contributed by atoms with Crippen LogP contribution in [0.1, 0.15) is 24.3 Å². The van der Waals surface area contributed by atoms with Gasteiger partial charge in [0.1, 0.15) is 5.82 Å². The molecule has 104 valence electrons. The summed E-state index contributed by atoms with van der Waals surface area (Å²) in [6.45, 7) is 4.72. The Hall–Kier alpha value is -2.18. The van der Waals surface area contributed by atoms with Crippen molar-refractivity contribution < 1.29 is 14.7 Å². The number of aromatic carboxylic acids is 1. The van der Waals surface area contributed by atoms with Gasteiger partial charge in [0.25, 0.3) is 0 Å². The summed E-state index contributed by atoms with van der Waals surface area (Å²) in [6.07, 6.45) is 2.58. The van der Waals surface area contributed by atoms with Gasteiger partial charge >= 0.3 is 5.97 Å². The first kappa shape index (κ1) is 14.9. The summed E-state index contributed by atoms with van der Waals surface area (Å²) in [6, 6.07) is 0. The van der Waals surface area contributed by atoms with E-state index in [-0.39, 0.29) is 18.1 Å². The minimum absolute atomic E-state index is 0.102. The molecule has 0 aliphatic carbocycles. The molecule has 1 amide bonds. The van der Waals surface area contributed by atoms with Crippen molar-refractivity contribution in [1.82, 2.24) is 15.3 Å². The Balaban J connectivity index is 2.62. The van der Waals surface area contributed by atoms with E-state index in [9.17, 15) is 9.59 Å². The average molecular weight is 266 g/mol. The van der Waals surface area contributed by atoms with E-state index < -0.39 is 5.97 Å². The van der Waals surface area contributed by atoms with Crippen LogP contribution in [0.25, 0.3) is 0 Å². The summed E-state index contributed by atoms with van der Waals surface area (Å²) in [5, 5.41) is 11.6. The smallest absolute Gasteiger partial charge is 0.356 e. The molecule has 1 aromatic heterocycles. The molecule has 7 heteroatoms. The number of nitrogens with one attached hydrogen (secondary N) is 1. The Morgan fingerprint density at radius 1 is 1.42 bits per heavy atom. The van der Waals surface area contributed by atoms with Crippen LogP contribution in [0.15, 0.2) is 12.4 Å². The maximum atomic E-state index is 11.6. The van der Waals surface area contributed by atoms with E-state index in [0.717, 1.165) is 0 Å². The lowest BCUT2D eigenvalue weighted by molar-refractivity contribution is -0.119. The van der Waals surface area contributed by atoms with Gasteiger partial charge in [-0.3, -0.25) is 9.78 Å². The molecule has 1 aromatic rings. The van der Waals surface area contributed by atoms with Crippen LogP contribution in [0.3, 0.4) is 0 Å². The number of rotatable bonds is 6. The minimum atomic E-state index is -1.15.